The summed E-state index contributed by atoms with van der Waals surface area (Å²) in [6.45, 7) is 3.17. The van der Waals surface area contributed by atoms with Gasteiger partial charge < -0.3 is 20.3 Å². The van der Waals surface area contributed by atoms with Gasteiger partial charge in [-0.25, -0.2) is 4.98 Å². The van der Waals surface area contributed by atoms with Gasteiger partial charge in [0.05, 0.1) is 23.9 Å². The first-order valence-electron chi connectivity index (χ1n) is 9.14. The number of nitrogens with zero attached hydrogens (tertiary/aromatic N) is 3. The quantitative estimate of drug-likeness (QED) is 0.627. The van der Waals surface area contributed by atoms with Crippen molar-refractivity contribution >= 4 is 22.4 Å². The minimum Gasteiger partial charge on any atom is -0.373 e. The highest BCUT2D eigenvalue weighted by molar-refractivity contribution is 7.13. The molecular weight excluding hydrogens is 322 g/mol. The van der Waals surface area contributed by atoms with Crippen molar-refractivity contribution in [2.24, 2.45) is 4.99 Å². The Morgan fingerprint density at radius 2 is 2.29 bits per heavy atom. The van der Waals surface area contributed by atoms with E-state index in [1.807, 2.05) is 7.05 Å². The van der Waals surface area contributed by atoms with Gasteiger partial charge in [-0.15, -0.1) is 11.3 Å². The maximum absolute atomic E-state index is 5.90. The second-order valence-corrected chi connectivity index (χ2v) is 7.76. The Labute approximate surface area is 147 Å². The summed E-state index contributed by atoms with van der Waals surface area (Å²) >= 11 is 1.77. The molecule has 3 unspecified atom stereocenters. The van der Waals surface area contributed by atoms with Gasteiger partial charge in [0.1, 0.15) is 0 Å². The average Bonchev–Trinajstić information content (AvgIpc) is 3.36. The maximum Gasteiger partial charge on any atom is 0.191 e. The van der Waals surface area contributed by atoms with Crippen LogP contribution in [0.25, 0.3) is 0 Å². The molecule has 4 rings (SSSR count). The van der Waals surface area contributed by atoms with Gasteiger partial charge in [-0.2, -0.15) is 0 Å². The van der Waals surface area contributed by atoms with Crippen LogP contribution in [0.5, 0.6) is 0 Å². The number of thiazole rings is 1. The molecule has 3 aliphatic rings. The van der Waals surface area contributed by atoms with Gasteiger partial charge in [0.15, 0.2) is 11.1 Å². The molecule has 4 heterocycles. The van der Waals surface area contributed by atoms with Gasteiger partial charge in [0.25, 0.3) is 0 Å². The number of guanidine groups is 1. The van der Waals surface area contributed by atoms with Crippen LogP contribution in [0.3, 0.4) is 0 Å². The standard InChI is InChI=1S/C17H27N5OS/c1-18-16(21-14-10-13-4-5-15(14)23-13)19-7-6-12-11-24-17(20-12)22-8-2-3-9-22/h11,13-15H,2-10H2,1H3,(H2,18,19,21). The molecule has 0 saturated carbocycles. The van der Waals surface area contributed by atoms with Crippen molar-refractivity contribution in [1.82, 2.24) is 15.6 Å². The molecule has 3 saturated heterocycles. The lowest BCUT2D eigenvalue weighted by Crippen LogP contribution is -2.47. The second-order valence-electron chi connectivity index (χ2n) is 6.92. The van der Waals surface area contributed by atoms with Gasteiger partial charge in [-0.3, -0.25) is 4.99 Å². The Bertz CT molecular complexity index is 583. The highest BCUT2D eigenvalue weighted by Gasteiger charge is 2.41. The number of aliphatic imine (C=N–C) groups is 1. The number of hydrogen-bond acceptors (Lipinski definition) is 5. The molecule has 2 N–H and O–H groups in total. The lowest BCUT2D eigenvalue weighted by Gasteiger charge is -2.22. The summed E-state index contributed by atoms with van der Waals surface area (Å²) in [7, 11) is 1.83. The number of anilines is 1. The Morgan fingerprint density at radius 3 is 3.00 bits per heavy atom. The lowest BCUT2D eigenvalue weighted by atomic mass is 9.96. The van der Waals surface area contributed by atoms with Crippen molar-refractivity contribution in [3.8, 4) is 0 Å². The molecule has 3 aliphatic heterocycles. The zero-order valence-electron chi connectivity index (χ0n) is 14.3. The van der Waals surface area contributed by atoms with Crippen molar-refractivity contribution in [3.63, 3.8) is 0 Å². The van der Waals surface area contributed by atoms with Gasteiger partial charge in [0.2, 0.25) is 0 Å². The average molecular weight is 350 g/mol. The Hall–Kier alpha value is -1.34. The largest absolute Gasteiger partial charge is 0.373 e. The molecule has 2 bridgehead atoms. The molecule has 0 spiro atoms. The number of rotatable bonds is 5. The third-order valence-corrected chi connectivity index (χ3v) is 6.19. The third-order valence-electron chi connectivity index (χ3n) is 5.24. The SMILES string of the molecule is CN=C(NCCc1csc(N2CCCC2)n1)NC1CC2CCC1O2. The molecule has 1 aromatic heterocycles. The van der Waals surface area contributed by atoms with Crippen molar-refractivity contribution in [1.29, 1.82) is 0 Å². The van der Waals surface area contributed by atoms with Crippen LogP contribution in [0.15, 0.2) is 10.4 Å². The van der Waals surface area contributed by atoms with Gasteiger partial charge >= 0.3 is 0 Å². The predicted molar refractivity (Wildman–Crippen MR) is 98.1 cm³/mol. The zero-order chi connectivity index (χ0) is 16.4. The molecular formula is C17H27N5OS. The van der Waals surface area contributed by atoms with E-state index < -0.39 is 0 Å². The Balaban J connectivity index is 1.22. The summed E-state index contributed by atoms with van der Waals surface area (Å²) in [6.07, 6.45) is 7.86. The van der Waals surface area contributed by atoms with E-state index in [9.17, 15) is 0 Å². The van der Waals surface area contributed by atoms with E-state index in [0.717, 1.165) is 38.4 Å². The van der Waals surface area contributed by atoms with Crippen molar-refractivity contribution in [3.05, 3.63) is 11.1 Å². The van der Waals surface area contributed by atoms with E-state index >= 15 is 0 Å². The van der Waals surface area contributed by atoms with Crippen LogP contribution in [0, 0.1) is 0 Å². The van der Waals surface area contributed by atoms with Crippen molar-refractivity contribution in [2.45, 2.75) is 56.8 Å². The fourth-order valence-electron chi connectivity index (χ4n) is 3.93. The summed E-state index contributed by atoms with van der Waals surface area (Å²) in [5.41, 5.74) is 1.17. The third kappa shape index (κ3) is 3.52. The zero-order valence-corrected chi connectivity index (χ0v) is 15.1. The van der Waals surface area contributed by atoms with Crippen LogP contribution in [0.2, 0.25) is 0 Å². The van der Waals surface area contributed by atoms with Crippen molar-refractivity contribution in [2.75, 3.05) is 31.6 Å². The summed E-state index contributed by atoms with van der Waals surface area (Å²) in [6, 6.07) is 0.413. The predicted octanol–water partition coefficient (Wildman–Crippen LogP) is 1.77. The maximum atomic E-state index is 5.90. The molecule has 6 nitrogen and oxygen atoms in total. The van der Waals surface area contributed by atoms with Crippen LogP contribution < -0.4 is 15.5 Å². The fourth-order valence-corrected chi connectivity index (χ4v) is 4.85. The molecule has 3 fully saturated rings. The van der Waals surface area contributed by atoms with Gasteiger partial charge in [-0.1, -0.05) is 0 Å². The van der Waals surface area contributed by atoms with E-state index in [4.69, 9.17) is 9.72 Å². The van der Waals surface area contributed by atoms with E-state index in [1.54, 1.807) is 11.3 Å². The minimum atomic E-state index is 0.370. The second kappa shape index (κ2) is 7.27. The summed E-state index contributed by atoms with van der Waals surface area (Å²) < 4.78 is 5.90. The van der Waals surface area contributed by atoms with Gasteiger partial charge in [0, 0.05) is 38.5 Å². The summed E-state index contributed by atoms with van der Waals surface area (Å²) in [5, 5.41) is 10.3. The molecule has 0 aromatic carbocycles. The van der Waals surface area contributed by atoms with Crippen LogP contribution in [0.1, 0.15) is 37.8 Å². The first-order valence-corrected chi connectivity index (χ1v) is 10.0. The van der Waals surface area contributed by atoms with Gasteiger partial charge in [-0.05, 0) is 32.1 Å². The highest BCUT2D eigenvalue weighted by Crippen LogP contribution is 2.34. The lowest BCUT2D eigenvalue weighted by molar-refractivity contribution is 0.0992. The molecule has 24 heavy (non-hydrogen) atoms. The van der Waals surface area contributed by atoms with E-state index in [2.05, 4.69) is 25.9 Å². The van der Waals surface area contributed by atoms with Crippen LogP contribution in [-0.2, 0) is 11.2 Å². The molecule has 0 amide bonds. The number of nitrogens with one attached hydrogen (secondary N) is 2. The Morgan fingerprint density at radius 1 is 1.42 bits per heavy atom. The van der Waals surface area contributed by atoms with Crippen LogP contribution in [0.4, 0.5) is 5.13 Å². The molecule has 0 radical (unpaired) electrons. The van der Waals surface area contributed by atoms with E-state index in [-0.39, 0.29) is 0 Å². The molecule has 1 aromatic rings. The monoisotopic (exact) mass is 349 g/mol. The number of fused-ring (bicyclic) bond motifs is 2. The minimum absolute atomic E-state index is 0.370. The topological polar surface area (TPSA) is 61.8 Å². The van der Waals surface area contributed by atoms with Crippen LogP contribution in [-0.4, -0.2) is 55.9 Å². The van der Waals surface area contributed by atoms with Crippen LogP contribution >= 0.6 is 11.3 Å². The van der Waals surface area contributed by atoms with E-state index in [0.29, 0.717) is 18.2 Å². The molecule has 7 heteroatoms. The molecule has 3 atom stereocenters. The van der Waals surface area contributed by atoms with E-state index in [1.165, 1.54) is 36.5 Å². The van der Waals surface area contributed by atoms with Crippen molar-refractivity contribution < 1.29 is 4.74 Å². The number of hydrogen-bond donors (Lipinski definition) is 2. The number of aromatic nitrogens is 1. The smallest absolute Gasteiger partial charge is 0.191 e. The fraction of sp³-hybridized carbons (Fsp3) is 0.765. The summed E-state index contributed by atoms with van der Waals surface area (Å²) in [5.74, 6) is 0.881. The first-order chi connectivity index (χ1) is 11.8. The summed E-state index contributed by atoms with van der Waals surface area (Å²) in [4.78, 5) is 11.5. The molecule has 132 valence electrons. The normalized spacial score (nSPS) is 29.5. The highest BCUT2D eigenvalue weighted by atomic mass is 32.1. The first kappa shape index (κ1) is 16.1. The molecule has 0 aliphatic carbocycles. The Kier molecular flexibility index (Phi) is 4.89. The number of ether oxygens (including phenoxy) is 1.